The smallest absolute Gasteiger partial charge is 0.250 e. The number of carbonyl (C=O) groups is 1. The quantitative estimate of drug-likeness (QED) is 0.143. The Morgan fingerprint density at radius 2 is 1.46 bits per heavy atom. The monoisotopic (exact) mass is 574 g/mol. The zero-order valence-electron chi connectivity index (χ0n) is 25.5. The molecule has 1 atom stereocenters. The van der Waals surface area contributed by atoms with Crippen LogP contribution in [0.1, 0.15) is 61.0 Å². The molecular formula is C34H42O6Si. The fourth-order valence-corrected chi connectivity index (χ4v) is 5.16. The molecule has 218 valence electrons. The second kappa shape index (κ2) is 13.6. The molecule has 0 aromatic heterocycles. The van der Waals surface area contributed by atoms with Crippen molar-refractivity contribution in [2.24, 2.45) is 0 Å². The first kappa shape index (κ1) is 31.6. The molecule has 6 nitrogen and oxygen atoms in total. The molecule has 1 unspecified atom stereocenters. The van der Waals surface area contributed by atoms with E-state index in [2.05, 4.69) is 57.8 Å². The van der Waals surface area contributed by atoms with Crippen LogP contribution in [0, 0.1) is 11.8 Å². The zero-order chi connectivity index (χ0) is 30.2. The number of Topliss-reactive ketones (excluding diaryl/α,β-unsaturated/α-hetero) is 1. The van der Waals surface area contributed by atoms with Gasteiger partial charge in [0.1, 0.15) is 28.7 Å². The van der Waals surface area contributed by atoms with Gasteiger partial charge in [0.2, 0.25) is 8.32 Å². The molecule has 0 saturated carbocycles. The van der Waals surface area contributed by atoms with Gasteiger partial charge in [-0.05, 0) is 66.5 Å². The highest BCUT2D eigenvalue weighted by atomic mass is 28.4. The Balaban J connectivity index is 1.83. The molecule has 0 heterocycles. The number of methoxy groups -OCH3 is 3. The Morgan fingerprint density at radius 3 is 1.98 bits per heavy atom. The van der Waals surface area contributed by atoms with Crippen LogP contribution in [0.4, 0.5) is 0 Å². The average Bonchev–Trinajstić information content (AvgIpc) is 2.94. The highest BCUT2D eigenvalue weighted by molar-refractivity contribution is 6.74. The first-order valence-electron chi connectivity index (χ1n) is 13.8. The number of aryl methyl sites for hydroxylation is 1. The van der Waals surface area contributed by atoms with Gasteiger partial charge in [-0.2, -0.15) is 0 Å². The Kier molecular flexibility index (Phi) is 10.5. The Hall–Kier alpha value is -3.89. The summed E-state index contributed by atoms with van der Waals surface area (Å²) in [6.45, 7) is 11.2. The highest BCUT2D eigenvalue weighted by Gasteiger charge is 2.38. The summed E-state index contributed by atoms with van der Waals surface area (Å²) in [6, 6.07) is 18.0. The second-order valence-corrected chi connectivity index (χ2v) is 16.2. The van der Waals surface area contributed by atoms with Crippen LogP contribution in [0.5, 0.6) is 28.7 Å². The first-order chi connectivity index (χ1) is 19.4. The van der Waals surface area contributed by atoms with E-state index in [1.807, 2.05) is 12.1 Å². The lowest BCUT2D eigenvalue weighted by molar-refractivity contribution is 0.0979. The summed E-state index contributed by atoms with van der Waals surface area (Å²) in [5.41, 5.74) is 2.36. The van der Waals surface area contributed by atoms with Gasteiger partial charge < -0.3 is 23.7 Å². The maximum Gasteiger partial charge on any atom is 0.250 e. The number of aromatic hydroxyl groups is 1. The van der Waals surface area contributed by atoms with Crippen molar-refractivity contribution in [3.05, 3.63) is 77.4 Å². The van der Waals surface area contributed by atoms with E-state index in [0.29, 0.717) is 34.8 Å². The molecular weight excluding hydrogens is 532 g/mol. The molecule has 7 heteroatoms. The van der Waals surface area contributed by atoms with Gasteiger partial charge in [0.05, 0.1) is 32.8 Å². The number of ether oxygens (including phenoxy) is 3. The van der Waals surface area contributed by atoms with E-state index in [0.717, 1.165) is 12.2 Å². The van der Waals surface area contributed by atoms with Crippen LogP contribution in [0.25, 0.3) is 0 Å². The third-order valence-corrected chi connectivity index (χ3v) is 12.0. The number of hydrogen-bond acceptors (Lipinski definition) is 6. The van der Waals surface area contributed by atoms with Gasteiger partial charge in [-0.1, -0.05) is 38.8 Å². The number of benzene rings is 3. The van der Waals surface area contributed by atoms with Crippen molar-refractivity contribution >= 4 is 14.1 Å². The van der Waals surface area contributed by atoms with Crippen LogP contribution in [-0.2, 0) is 6.42 Å². The largest absolute Gasteiger partial charge is 0.544 e. The van der Waals surface area contributed by atoms with E-state index in [4.69, 9.17) is 18.6 Å². The third kappa shape index (κ3) is 8.31. The minimum absolute atomic E-state index is 0.0958. The summed E-state index contributed by atoms with van der Waals surface area (Å²) in [5, 5.41) is 9.77. The molecule has 0 fully saturated rings. The van der Waals surface area contributed by atoms with Crippen LogP contribution in [-0.4, -0.2) is 40.5 Å². The molecule has 0 saturated heterocycles. The summed E-state index contributed by atoms with van der Waals surface area (Å²) in [6.07, 6.45) is 1.51. The van der Waals surface area contributed by atoms with E-state index < -0.39 is 14.2 Å². The van der Waals surface area contributed by atoms with Crippen LogP contribution < -0.4 is 18.6 Å². The molecule has 0 spiro atoms. The van der Waals surface area contributed by atoms with Gasteiger partial charge in [-0.15, -0.1) is 5.92 Å². The van der Waals surface area contributed by atoms with Gasteiger partial charge in [0.25, 0.3) is 0 Å². The average molecular weight is 575 g/mol. The molecule has 0 aliphatic carbocycles. The van der Waals surface area contributed by atoms with E-state index in [1.54, 1.807) is 45.6 Å². The van der Waals surface area contributed by atoms with Crippen molar-refractivity contribution in [1.29, 1.82) is 0 Å². The zero-order valence-corrected chi connectivity index (χ0v) is 26.5. The molecule has 1 N–H and O–H groups in total. The molecule has 3 aromatic carbocycles. The van der Waals surface area contributed by atoms with Crippen LogP contribution >= 0.6 is 0 Å². The Bertz CT molecular complexity index is 1350. The van der Waals surface area contributed by atoms with Crippen molar-refractivity contribution < 1.29 is 28.5 Å². The van der Waals surface area contributed by atoms with Crippen molar-refractivity contribution in [3.8, 4) is 40.6 Å². The van der Waals surface area contributed by atoms with Gasteiger partial charge >= 0.3 is 0 Å². The standard InChI is InChI=1S/C34H42O6Si/c1-34(2,3)41(7,8)40-28-19-13-24(14-20-28)11-9-10-12-26(21-30(36)25-15-17-27(35)18-16-25)33-31(38-5)22-29(37-4)23-32(33)39-6/h13-20,22-23,26,35H,9,11,21H2,1-8H3. The SMILES string of the molecule is COc1cc(OC)c(C(C#CCCc2ccc(O[Si](C)(C)C(C)(C)C)cc2)CC(=O)c2ccc(O)cc2)c(OC)c1. The van der Waals surface area contributed by atoms with Crippen molar-refractivity contribution in [2.45, 2.75) is 64.1 Å². The molecule has 0 aliphatic heterocycles. The van der Waals surface area contributed by atoms with Crippen LogP contribution in [0.15, 0.2) is 60.7 Å². The number of rotatable bonds is 11. The first-order valence-corrected chi connectivity index (χ1v) is 16.7. The number of hydrogen-bond donors (Lipinski definition) is 1. The van der Waals surface area contributed by atoms with Crippen molar-refractivity contribution in [1.82, 2.24) is 0 Å². The molecule has 3 aromatic rings. The maximum atomic E-state index is 13.2. The van der Waals surface area contributed by atoms with Gasteiger partial charge in [-0.3, -0.25) is 4.79 Å². The number of phenols is 1. The predicted molar refractivity (Wildman–Crippen MR) is 166 cm³/mol. The number of carbonyl (C=O) groups excluding carboxylic acids is 1. The minimum atomic E-state index is -1.89. The third-order valence-electron chi connectivity index (χ3n) is 7.60. The van der Waals surface area contributed by atoms with Crippen LogP contribution in [0.3, 0.4) is 0 Å². The van der Waals surface area contributed by atoms with Gasteiger partial charge in [0, 0.05) is 30.5 Å². The second-order valence-electron chi connectivity index (χ2n) is 11.5. The summed E-state index contributed by atoms with van der Waals surface area (Å²) in [4.78, 5) is 13.2. The molecule has 0 radical (unpaired) electrons. The molecule has 0 amide bonds. The summed E-state index contributed by atoms with van der Waals surface area (Å²) >= 11 is 0. The highest BCUT2D eigenvalue weighted by Crippen LogP contribution is 2.41. The Morgan fingerprint density at radius 1 is 0.878 bits per heavy atom. The molecule has 0 bridgehead atoms. The maximum absolute atomic E-state index is 13.2. The fraction of sp³-hybridized carbons (Fsp3) is 0.382. The summed E-state index contributed by atoms with van der Waals surface area (Å²) in [7, 11) is 2.83. The number of ketones is 1. The van der Waals surface area contributed by atoms with E-state index in [-0.39, 0.29) is 23.0 Å². The lowest BCUT2D eigenvalue weighted by Crippen LogP contribution is -2.43. The summed E-state index contributed by atoms with van der Waals surface area (Å²) < 4.78 is 23.2. The van der Waals surface area contributed by atoms with Crippen LogP contribution in [0.2, 0.25) is 18.1 Å². The molecule has 41 heavy (non-hydrogen) atoms. The van der Waals surface area contributed by atoms with E-state index in [1.165, 1.54) is 17.7 Å². The van der Waals surface area contributed by atoms with Crippen molar-refractivity contribution in [3.63, 3.8) is 0 Å². The fourth-order valence-electron chi connectivity index (χ4n) is 4.13. The normalized spacial score (nSPS) is 12.1. The molecule has 3 rings (SSSR count). The van der Waals surface area contributed by atoms with Gasteiger partial charge in [-0.25, -0.2) is 0 Å². The topological polar surface area (TPSA) is 74.2 Å². The Labute approximate surface area is 245 Å². The number of phenolic OH excluding ortho intramolecular Hbond substituents is 1. The molecule has 0 aliphatic rings. The van der Waals surface area contributed by atoms with E-state index >= 15 is 0 Å². The van der Waals surface area contributed by atoms with E-state index in [9.17, 15) is 9.90 Å². The lowest BCUT2D eigenvalue weighted by Gasteiger charge is -2.36. The predicted octanol–water partition coefficient (Wildman–Crippen LogP) is 7.79. The lowest BCUT2D eigenvalue weighted by atomic mass is 9.90. The van der Waals surface area contributed by atoms with Crippen molar-refractivity contribution in [2.75, 3.05) is 21.3 Å². The minimum Gasteiger partial charge on any atom is -0.544 e. The summed E-state index contributed by atoms with van der Waals surface area (Å²) in [5.74, 6) is 8.71. The van der Waals surface area contributed by atoms with Gasteiger partial charge in [0.15, 0.2) is 5.78 Å².